The summed E-state index contributed by atoms with van der Waals surface area (Å²) in [5.41, 5.74) is 0. The van der Waals surface area contributed by atoms with Gasteiger partial charge in [-0.2, -0.15) is 13.2 Å². The van der Waals surface area contributed by atoms with E-state index in [9.17, 15) is 13.2 Å². The van der Waals surface area contributed by atoms with Gasteiger partial charge in [0.05, 0.1) is 24.8 Å². The van der Waals surface area contributed by atoms with Gasteiger partial charge in [0.2, 0.25) is 0 Å². The molecular formula is C12H16F3O2P. The van der Waals surface area contributed by atoms with E-state index in [1.54, 1.807) is 5.30 Å². The molecule has 0 aromatic heterocycles. The zero-order valence-electron chi connectivity index (χ0n) is 10.5. The first-order valence-electron chi connectivity index (χ1n) is 5.28. The van der Waals surface area contributed by atoms with Crippen LogP contribution >= 0.6 is 7.26 Å². The second kappa shape index (κ2) is 6.74. The first kappa shape index (κ1) is 16.9. The summed E-state index contributed by atoms with van der Waals surface area (Å²) in [4.78, 5) is 8.78. The second-order valence-electron chi connectivity index (χ2n) is 4.12. The van der Waals surface area contributed by atoms with Crippen molar-refractivity contribution in [2.75, 3.05) is 19.5 Å². The van der Waals surface area contributed by atoms with Crippen LogP contribution in [-0.2, 0) is 4.79 Å². The largest absolute Gasteiger partial charge is 0.542 e. The van der Waals surface area contributed by atoms with Gasteiger partial charge in [0.25, 0.3) is 0 Å². The van der Waals surface area contributed by atoms with Gasteiger partial charge in [-0.3, -0.25) is 0 Å². The van der Waals surface area contributed by atoms with Crippen molar-refractivity contribution in [1.29, 1.82) is 0 Å². The third kappa shape index (κ3) is 6.01. The molecule has 0 atom stereocenters. The number of hydrogen-bond donors (Lipinski definition) is 0. The van der Waals surface area contributed by atoms with Crippen LogP contribution in [0.1, 0.15) is 6.92 Å². The lowest BCUT2D eigenvalue weighted by molar-refractivity contribution is -0.344. The zero-order chi connectivity index (χ0) is 14.4. The van der Waals surface area contributed by atoms with E-state index in [4.69, 9.17) is 9.90 Å². The maximum absolute atomic E-state index is 10.5. The molecule has 0 unspecified atom stereocenters. The molecule has 1 aromatic rings. The van der Waals surface area contributed by atoms with E-state index >= 15 is 0 Å². The highest BCUT2D eigenvalue weighted by Crippen LogP contribution is 2.48. The quantitative estimate of drug-likeness (QED) is 0.776. The van der Waals surface area contributed by atoms with Crippen LogP contribution in [0, 0.1) is 0 Å². The van der Waals surface area contributed by atoms with E-state index in [-0.39, 0.29) is 0 Å². The van der Waals surface area contributed by atoms with E-state index in [1.165, 1.54) is 6.16 Å². The summed E-state index contributed by atoms with van der Waals surface area (Å²) in [5, 5.41) is 10.3. The Hall–Kier alpha value is -1.09. The fourth-order valence-electron chi connectivity index (χ4n) is 1.01. The van der Waals surface area contributed by atoms with Gasteiger partial charge in [0.1, 0.15) is 5.97 Å². The second-order valence-corrected chi connectivity index (χ2v) is 8.64. The highest BCUT2D eigenvalue weighted by atomic mass is 31.2. The minimum atomic E-state index is -5.19. The number of aliphatic carboxylic acids is 1. The molecule has 2 nitrogen and oxygen atoms in total. The number of halogens is 3. The predicted octanol–water partition coefficient (Wildman–Crippen LogP) is 1.91. The summed E-state index contributed by atoms with van der Waals surface area (Å²) < 4.78 is 31.5. The molecule has 0 fully saturated rings. The number of carboxylic acid groups (broad SMARTS) is 1. The van der Waals surface area contributed by atoms with E-state index in [0.29, 0.717) is 0 Å². The third-order valence-corrected chi connectivity index (χ3v) is 5.75. The topological polar surface area (TPSA) is 40.1 Å². The number of carbonyl (C=O) groups is 1. The fraction of sp³-hybridized carbons (Fsp3) is 0.417. The first-order chi connectivity index (χ1) is 8.11. The van der Waals surface area contributed by atoms with E-state index in [2.05, 4.69) is 50.6 Å². The summed E-state index contributed by atoms with van der Waals surface area (Å²) in [6.45, 7) is 7.06. The summed E-state index contributed by atoms with van der Waals surface area (Å²) in [6, 6.07) is 10.8. The standard InChI is InChI=1S/C10H16P.C2HF3O2/c1-4-11(2,3)10-8-6-5-7-9-10;3-2(4,5)1(6)7/h5-9H,4H2,1-3H3;(H,6,7)/q+1;/p-1. The molecule has 6 heteroatoms. The molecule has 0 spiro atoms. The van der Waals surface area contributed by atoms with Crippen molar-refractivity contribution in [3.63, 3.8) is 0 Å². The maximum atomic E-state index is 10.5. The molecule has 1 aromatic carbocycles. The van der Waals surface area contributed by atoms with Crippen LogP contribution in [-0.4, -0.2) is 31.6 Å². The smallest absolute Gasteiger partial charge is 0.430 e. The molecule has 18 heavy (non-hydrogen) atoms. The van der Waals surface area contributed by atoms with Gasteiger partial charge in [0, 0.05) is 7.26 Å². The molecule has 0 amide bonds. The van der Waals surface area contributed by atoms with Gasteiger partial charge in [-0.05, 0) is 19.1 Å². The molecule has 0 N–H and O–H groups in total. The minimum Gasteiger partial charge on any atom is -0.542 e. The molecule has 0 saturated carbocycles. The van der Waals surface area contributed by atoms with Crippen LogP contribution in [0.15, 0.2) is 30.3 Å². The van der Waals surface area contributed by atoms with Gasteiger partial charge in [-0.15, -0.1) is 0 Å². The molecule has 0 radical (unpaired) electrons. The lowest BCUT2D eigenvalue weighted by Gasteiger charge is -2.14. The molecule has 0 aliphatic carbocycles. The van der Waals surface area contributed by atoms with Gasteiger partial charge >= 0.3 is 6.18 Å². The molecule has 0 saturated heterocycles. The van der Waals surface area contributed by atoms with Gasteiger partial charge < -0.3 is 9.90 Å². The van der Waals surface area contributed by atoms with Crippen molar-refractivity contribution < 1.29 is 23.1 Å². The van der Waals surface area contributed by atoms with Gasteiger partial charge in [-0.25, -0.2) is 0 Å². The molecule has 102 valence electrons. The van der Waals surface area contributed by atoms with Crippen LogP contribution in [0.4, 0.5) is 13.2 Å². The van der Waals surface area contributed by atoms with Crippen LogP contribution in [0.2, 0.25) is 0 Å². The number of alkyl halides is 3. The fourth-order valence-corrected chi connectivity index (χ4v) is 2.36. The summed E-state index contributed by atoms with van der Waals surface area (Å²) >= 11 is 0. The summed E-state index contributed by atoms with van der Waals surface area (Å²) in [6.07, 6.45) is -3.89. The molecule has 0 bridgehead atoms. The molecule has 0 aliphatic heterocycles. The van der Waals surface area contributed by atoms with Crippen LogP contribution in [0.3, 0.4) is 0 Å². The van der Waals surface area contributed by atoms with Crippen LogP contribution in [0.25, 0.3) is 0 Å². The average molecular weight is 280 g/mol. The van der Waals surface area contributed by atoms with Gasteiger partial charge in [0.15, 0.2) is 0 Å². The SMILES string of the molecule is CC[P+](C)(C)c1ccccc1.O=C([O-])C(F)(F)F. The molecular weight excluding hydrogens is 264 g/mol. The third-order valence-electron chi connectivity index (χ3n) is 2.48. The maximum Gasteiger partial charge on any atom is 0.430 e. The zero-order valence-corrected chi connectivity index (χ0v) is 11.4. The lowest BCUT2D eigenvalue weighted by atomic mass is 10.4. The van der Waals surface area contributed by atoms with E-state index in [0.717, 1.165) is 0 Å². The van der Waals surface area contributed by atoms with Crippen molar-refractivity contribution in [3.8, 4) is 0 Å². The summed E-state index contributed by atoms with van der Waals surface area (Å²) in [5.74, 6) is -3.01. The van der Waals surface area contributed by atoms with E-state index < -0.39 is 19.4 Å². The molecule has 1 rings (SSSR count). The van der Waals surface area contributed by atoms with Crippen molar-refractivity contribution in [3.05, 3.63) is 30.3 Å². The van der Waals surface area contributed by atoms with E-state index in [1.807, 2.05) is 0 Å². The minimum absolute atomic E-state index is 0.776. The van der Waals surface area contributed by atoms with Crippen LogP contribution < -0.4 is 10.4 Å². The van der Waals surface area contributed by atoms with Crippen molar-refractivity contribution >= 4 is 18.5 Å². The number of hydrogen-bond acceptors (Lipinski definition) is 2. The molecule has 0 aliphatic rings. The average Bonchev–Trinajstić information content (AvgIpc) is 2.30. The van der Waals surface area contributed by atoms with Crippen LogP contribution in [0.5, 0.6) is 0 Å². The van der Waals surface area contributed by atoms with Crippen molar-refractivity contribution in [2.24, 2.45) is 0 Å². The predicted molar refractivity (Wildman–Crippen MR) is 66.4 cm³/mol. The van der Waals surface area contributed by atoms with Crippen molar-refractivity contribution in [2.45, 2.75) is 13.1 Å². The van der Waals surface area contributed by atoms with Gasteiger partial charge in [-0.1, -0.05) is 18.2 Å². The Morgan fingerprint density at radius 2 is 1.61 bits per heavy atom. The number of benzene rings is 1. The highest BCUT2D eigenvalue weighted by molar-refractivity contribution is 7.81. The monoisotopic (exact) mass is 280 g/mol. The number of carboxylic acids is 1. The Kier molecular flexibility index (Phi) is 6.33. The number of carbonyl (C=O) groups excluding carboxylic acids is 1. The Morgan fingerprint density at radius 1 is 1.22 bits per heavy atom. The Labute approximate surface area is 105 Å². The summed E-state index contributed by atoms with van der Waals surface area (Å²) in [7, 11) is -0.776. The molecule has 0 heterocycles. The Bertz CT molecular complexity index is 375. The van der Waals surface area contributed by atoms with Crippen molar-refractivity contribution in [1.82, 2.24) is 0 Å². The Balaban J connectivity index is 0.000000360. The first-order valence-corrected chi connectivity index (χ1v) is 8.15. The normalized spacial score (nSPS) is 11.4. The number of rotatable bonds is 2. The highest BCUT2D eigenvalue weighted by Gasteiger charge is 2.28. The Morgan fingerprint density at radius 3 is 1.89 bits per heavy atom. The lowest BCUT2D eigenvalue weighted by Crippen LogP contribution is -2.37.